The van der Waals surface area contributed by atoms with E-state index in [1.807, 2.05) is 34.9 Å². The lowest BCUT2D eigenvalue weighted by atomic mass is 9.84. The van der Waals surface area contributed by atoms with E-state index in [1.54, 1.807) is 12.5 Å². The smallest absolute Gasteiger partial charge is 0.131 e. The molecule has 0 spiro atoms. The van der Waals surface area contributed by atoms with Crippen molar-refractivity contribution in [1.29, 1.82) is 0 Å². The second-order valence-corrected chi connectivity index (χ2v) is 4.30. The molecule has 0 radical (unpaired) electrons. The van der Waals surface area contributed by atoms with Crippen molar-refractivity contribution in [3.05, 3.63) is 54.1 Å². The molecule has 1 unspecified atom stereocenters. The third-order valence-corrected chi connectivity index (χ3v) is 3.32. The minimum atomic E-state index is -0.865. The van der Waals surface area contributed by atoms with Gasteiger partial charge in [-0.1, -0.05) is 30.3 Å². The first-order chi connectivity index (χ1) is 7.81. The molecule has 0 saturated carbocycles. The summed E-state index contributed by atoms with van der Waals surface area (Å²) >= 11 is 0. The van der Waals surface area contributed by atoms with Crippen LogP contribution in [-0.4, -0.2) is 14.7 Å². The van der Waals surface area contributed by atoms with Gasteiger partial charge in [0.05, 0.1) is 18.2 Å². The Morgan fingerprint density at radius 3 is 2.88 bits per heavy atom. The van der Waals surface area contributed by atoms with Crippen molar-refractivity contribution in [3.8, 4) is 0 Å². The molecule has 0 amide bonds. The van der Waals surface area contributed by atoms with Gasteiger partial charge in [0.1, 0.15) is 5.60 Å². The number of aryl methyl sites for hydroxylation is 1. The highest BCUT2D eigenvalue weighted by atomic mass is 16.3. The molecule has 0 aliphatic carbocycles. The van der Waals surface area contributed by atoms with Gasteiger partial charge in [0.2, 0.25) is 0 Å². The lowest BCUT2D eigenvalue weighted by molar-refractivity contribution is 0.0469. The van der Waals surface area contributed by atoms with E-state index < -0.39 is 5.60 Å². The van der Waals surface area contributed by atoms with Gasteiger partial charge in [-0.15, -0.1) is 0 Å². The molecular formula is C13H14N2O. The monoisotopic (exact) mass is 214 g/mol. The third kappa shape index (κ3) is 1.28. The standard InChI is InChI=1S/C13H14N2O/c16-13(11-5-2-1-3-6-11)7-4-8-15-10-14-9-12(13)15/h1-3,5-6,9-10,16H,4,7-8H2. The molecule has 1 aliphatic rings. The van der Waals surface area contributed by atoms with E-state index in [4.69, 9.17) is 0 Å². The molecule has 82 valence electrons. The van der Waals surface area contributed by atoms with Gasteiger partial charge in [-0.05, 0) is 18.4 Å². The Morgan fingerprint density at radius 1 is 1.25 bits per heavy atom. The van der Waals surface area contributed by atoms with Gasteiger partial charge in [0, 0.05) is 6.54 Å². The molecule has 1 N–H and O–H groups in total. The second-order valence-electron chi connectivity index (χ2n) is 4.30. The SMILES string of the molecule is OC1(c2ccccc2)CCCn2cncc21. The maximum atomic E-state index is 10.8. The number of imidazole rings is 1. The molecular weight excluding hydrogens is 200 g/mol. The van der Waals surface area contributed by atoms with Crippen LogP contribution in [0.15, 0.2) is 42.9 Å². The van der Waals surface area contributed by atoms with Crippen molar-refractivity contribution >= 4 is 0 Å². The number of fused-ring (bicyclic) bond motifs is 1. The first-order valence-electron chi connectivity index (χ1n) is 5.59. The van der Waals surface area contributed by atoms with Crippen LogP contribution in [0.5, 0.6) is 0 Å². The number of nitrogens with zero attached hydrogens (tertiary/aromatic N) is 2. The molecule has 1 aliphatic heterocycles. The molecule has 0 saturated heterocycles. The number of aliphatic hydroxyl groups is 1. The van der Waals surface area contributed by atoms with Gasteiger partial charge in [-0.2, -0.15) is 0 Å². The number of benzene rings is 1. The van der Waals surface area contributed by atoms with Crippen LogP contribution in [0.3, 0.4) is 0 Å². The Hall–Kier alpha value is -1.61. The number of hydrogen-bond acceptors (Lipinski definition) is 2. The van der Waals surface area contributed by atoms with Crippen LogP contribution >= 0.6 is 0 Å². The van der Waals surface area contributed by atoms with Crippen LogP contribution in [0.2, 0.25) is 0 Å². The summed E-state index contributed by atoms with van der Waals surface area (Å²) in [6.07, 6.45) is 5.31. The fourth-order valence-electron chi connectivity index (χ4n) is 2.48. The van der Waals surface area contributed by atoms with Crippen molar-refractivity contribution in [1.82, 2.24) is 9.55 Å². The second kappa shape index (κ2) is 3.46. The highest BCUT2D eigenvalue weighted by Crippen LogP contribution is 2.36. The number of rotatable bonds is 1. The zero-order valence-electron chi connectivity index (χ0n) is 9.00. The summed E-state index contributed by atoms with van der Waals surface area (Å²) in [6, 6.07) is 9.84. The molecule has 2 heterocycles. The van der Waals surface area contributed by atoms with E-state index in [-0.39, 0.29) is 0 Å². The van der Waals surface area contributed by atoms with Crippen LogP contribution < -0.4 is 0 Å². The quantitative estimate of drug-likeness (QED) is 0.787. The minimum Gasteiger partial charge on any atom is -0.379 e. The Labute approximate surface area is 94.4 Å². The topological polar surface area (TPSA) is 38.0 Å². The van der Waals surface area contributed by atoms with Gasteiger partial charge < -0.3 is 9.67 Å². The highest BCUT2D eigenvalue weighted by molar-refractivity contribution is 5.32. The molecule has 16 heavy (non-hydrogen) atoms. The van der Waals surface area contributed by atoms with E-state index in [0.717, 1.165) is 30.6 Å². The van der Waals surface area contributed by atoms with Crippen LogP contribution in [0.25, 0.3) is 0 Å². The molecule has 0 fully saturated rings. The Bertz CT molecular complexity index is 492. The van der Waals surface area contributed by atoms with E-state index in [9.17, 15) is 5.11 Å². The van der Waals surface area contributed by atoms with Crippen molar-refractivity contribution in [3.63, 3.8) is 0 Å². The average molecular weight is 214 g/mol. The summed E-state index contributed by atoms with van der Waals surface area (Å²) in [6.45, 7) is 0.949. The van der Waals surface area contributed by atoms with E-state index in [2.05, 4.69) is 4.98 Å². The van der Waals surface area contributed by atoms with E-state index >= 15 is 0 Å². The largest absolute Gasteiger partial charge is 0.379 e. The molecule has 0 bridgehead atoms. The van der Waals surface area contributed by atoms with Crippen molar-refractivity contribution in [2.75, 3.05) is 0 Å². The highest BCUT2D eigenvalue weighted by Gasteiger charge is 2.36. The van der Waals surface area contributed by atoms with Crippen LogP contribution in [0.4, 0.5) is 0 Å². The summed E-state index contributed by atoms with van der Waals surface area (Å²) in [5, 5.41) is 10.8. The summed E-state index contributed by atoms with van der Waals surface area (Å²) in [5.41, 5.74) is 0.997. The van der Waals surface area contributed by atoms with Crippen LogP contribution in [-0.2, 0) is 12.1 Å². The maximum absolute atomic E-state index is 10.8. The summed E-state index contributed by atoms with van der Waals surface area (Å²) < 4.78 is 2.04. The average Bonchev–Trinajstić information content (AvgIpc) is 2.80. The fraction of sp³-hybridized carbons (Fsp3) is 0.308. The van der Waals surface area contributed by atoms with Crippen molar-refractivity contribution in [2.24, 2.45) is 0 Å². The van der Waals surface area contributed by atoms with E-state index in [1.165, 1.54) is 0 Å². The fourth-order valence-corrected chi connectivity index (χ4v) is 2.48. The van der Waals surface area contributed by atoms with Crippen molar-refractivity contribution < 1.29 is 5.11 Å². The van der Waals surface area contributed by atoms with Gasteiger partial charge in [0.25, 0.3) is 0 Å². The Morgan fingerprint density at radius 2 is 2.06 bits per heavy atom. The first kappa shape index (κ1) is 9.60. The zero-order valence-corrected chi connectivity index (χ0v) is 9.00. The predicted molar refractivity (Wildman–Crippen MR) is 60.9 cm³/mol. The van der Waals surface area contributed by atoms with Crippen LogP contribution in [0.1, 0.15) is 24.1 Å². The van der Waals surface area contributed by atoms with Gasteiger partial charge >= 0.3 is 0 Å². The number of aromatic nitrogens is 2. The Balaban J connectivity index is 2.14. The summed E-state index contributed by atoms with van der Waals surface area (Å²) in [7, 11) is 0. The normalized spacial score (nSPS) is 24.1. The first-order valence-corrected chi connectivity index (χ1v) is 5.59. The van der Waals surface area contributed by atoms with Crippen molar-refractivity contribution in [2.45, 2.75) is 25.0 Å². The molecule has 3 rings (SSSR count). The van der Waals surface area contributed by atoms with E-state index in [0.29, 0.717) is 0 Å². The molecule has 2 aromatic rings. The summed E-state index contributed by atoms with van der Waals surface area (Å²) in [4.78, 5) is 4.13. The molecule has 3 heteroatoms. The zero-order chi connectivity index (χ0) is 11.0. The lowest BCUT2D eigenvalue weighted by Crippen LogP contribution is -2.34. The number of hydrogen-bond donors (Lipinski definition) is 1. The predicted octanol–water partition coefficient (Wildman–Crippen LogP) is 1.91. The third-order valence-electron chi connectivity index (χ3n) is 3.32. The maximum Gasteiger partial charge on any atom is 0.131 e. The van der Waals surface area contributed by atoms with Gasteiger partial charge in [-0.25, -0.2) is 4.98 Å². The summed E-state index contributed by atoms with van der Waals surface area (Å²) in [5.74, 6) is 0. The molecule has 1 aromatic heterocycles. The van der Waals surface area contributed by atoms with Crippen LogP contribution in [0, 0.1) is 0 Å². The van der Waals surface area contributed by atoms with Gasteiger partial charge in [0.15, 0.2) is 0 Å². The molecule has 1 aromatic carbocycles. The minimum absolute atomic E-state index is 0.767. The molecule has 1 atom stereocenters. The van der Waals surface area contributed by atoms with Gasteiger partial charge in [-0.3, -0.25) is 0 Å². The Kier molecular flexibility index (Phi) is 2.07. The lowest BCUT2D eigenvalue weighted by Gasteiger charge is -2.33. The molecule has 3 nitrogen and oxygen atoms in total.